The number of amides is 1. The molecule has 6 nitrogen and oxygen atoms in total. The van der Waals surface area contributed by atoms with Crippen LogP contribution in [0.2, 0.25) is 0 Å². The van der Waals surface area contributed by atoms with E-state index in [9.17, 15) is 4.79 Å². The Morgan fingerprint density at radius 2 is 1.71 bits per heavy atom. The zero-order chi connectivity index (χ0) is 21.2. The number of carbonyl (C=O) groups is 1. The van der Waals surface area contributed by atoms with Gasteiger partial charge in [-0.1, -0.05) is 36.4 Å². The first kappa shape index (κ1) is 19.3. The molecule has 2 aromatic heterocycles. The van der Waals surface area contributed by atoms with Gasteiger partial charge in [-0.05, 0) is 35.9 Å². The SMILES string of the molecule is CC(=O)N1CCN(c2ccc3nc(-c4ccccn4)n(Cc4ccccc4)c3c2)CC1. The largest absolute Gasteiger partial charge is 0.368 e. The number of hydrogen-bond donors (Lipinski definition) is 0. The summed E-state index contributed by atoms with van der Waals surface area (Å²) >= 11 is 0. The third-order valence-electron chi connectivity index (χ3n) is 5.90. The molecule has 0 spiro atoms. The zero-order valence-electron chi connectivity index (χ0n) is 17.6. The topological polar surface area (TPSA) is 54.3 Å². The van der Waals surface area contributed by atoms with Crippen LogP contribution in [0.5, 0.6) is 0 Å². The van der Waals surface area contributed by atoms with Crippen LogP contribution >= 0.6 is 0 Å². The van der Waals surface area contributed by atoms with Crippen molar-refractivity contribution in [2.24, 2.45) is 0 Å². The number of carbonyl (C=O) groups excluding carboxylic acids is 1. The highest BCUT2D eigenvalue weighted by Gasteiger charge is 2.20. The van der Waals surface area contributed by atoms with Crippen molar-refractivity contribution in [3.63, 3.8) is 0 Å². The highest BCUT2D eigenvalue weighted by atomic mass is 16.2. The maximum Gasteiger partial charge on any atom is 0.219 e. The minimum atomic E-state index is 0.149. The molecule has 156 valence electrons. The van der Waals surface area contributed by atoms with Crippen LogP contribution < -0.4 is 4.90 Å². The van der Waals surface area contributed by atoms with Crippen LogP contribution in [-0.4, -0.2) is 51.5 Å². The fraction of sp³-hybridized carbons (Fsp3) is 0.240. The average Bonchev–Trinajstić information content (AvgIpc) is 3.18. The predicted octanol–water partition coefficient (Wildman–Crippen LogP) is 3.82. The molecule has 0 radical (unpaired) electrons. The lowest BCUT2D eigenvalue weighted by Crippen LogP contribution is -2.48. The molecule has 4 aromatic rings. The van der Waals surface area contributed by atoms with E-state index < -0.39 is 0 Å². The Bertz CT molecular complexity index is 1190. The zero-order valence-corrected chi connectivity index (χ0v) is 17.6. The Labute approximate surface area is 181 Å². The predicted molar refractivity (Wildman–Crippen MR) is 123 cm³/mol. The van der Waals surface area contributed by atoms with Gasteiger partial charge in [0, 0.05) is 51.5 Å². The van der Waals surface area contributed by atoms with Crippen molar-refractivity contribution >= 4 is 22.6 Å². The highest BCUT2D eigenvalue weighted by Crippen LogP contribution is 2.28. The number of anilines is 1. The van der Waals surface area contributed by atoms with E-state index in [1.165, 1.54) is 5.56 Å². The standard InChI is InChI=1S/C25H25N5O/c1-19(31)28-13-15-29(16-14-28)21-10-11-22-24(17-21)30(18-20-7-3-2-4-8-20)25(27-22)23-9-5-6-12-26-23/h2-12,17H,13-16,18H2,1H3. The number of fused-ring (bicyclic) bond motifs is 1. The second-order valence-corrected chi connectivity index (χ2v) is 7.89. The molecule has 1 aliphatic heterocycles. The molecule has 1 saturated heterocycles. The van der Waals surface area contributed by atoms with Gasteiger partial charge in [-0.3, -0.25) is 9.78 Å². The summed E-state index contributed by atoms with van der Waals surface area (Å²) in [6, 6.07) is 22.8. The summed E-state index contributed by atoms with van der Waals surface area (Å²) in [5.41, 5.74) is 5.31. The van der Waals surface area contributed by atoms with E-state index in [2.05, 4.69) is 56.9 Å². The quantitative estimate of drug-likeness (QED) is 0.512. The number of piperazine rings is 1. The van der Waals surface area contributed by atoms with Gasteiger partial charge in [-0.15, -0.1) is 0 Å². The van der Waals surface area contributed by atoms with Crippen molar-refractivity contribution in [1.82, 2.24) is 19.4 Å². The number of hydrogen-bond acceptors (Lipinski definition) is 4. The molecule has 0 bridgehead atoms. The molecule has 31 heavy (non-hydrogen) atoms. The average molecular weight is 412 g/mol. The second-order valence-electron chi connectivity index (χ2n) is 7.89. The first-order valence-corrected chi connectivity index (χ1v) is 10.6. The molecule has 1 fully saturated rings. The van der Waals surface area contributed by atoms with Gasteiger partial charge in [0.2, 0.25) is 5.91 Å². The first-order chi connectivity index (χ1) is 15.2. The Morgan fingerprint density at radius 1 is 0.935 bits per heavy atom. The molecule has 0 unspecified atom stereocenters. The third-order valence-corrected chi connectivity index (χ3v) is 5.90. The maximum absolute atomic E-state index is 11.7. The van der Waals surface area contributed by atoms with E-state index in [0.717, 1.165) is 61.0 Å². The molecule has 0 N–H and O–H groups in total. The van der Waals surface area contributed by atoms with Crippen LogP contribution in [0.25, 0.3) is 22.6 Å². The van der Waals surface area contributed by atoms with Crippen molar-refractivity contribution in [1.29, 1.82) is 0 Å². The Balaban J connectivity index is 1.55. The number of rotatable bonds is 4. The smallest absolute Gasteiger partial charge is 0.219 e. The van der Waals surface area contributed by atoms with Crippen LogP contribution in [0.3, 0.4) is 0 Å². The lowest BCUT2D eigenvalue weighted by atomic mass is 10.2. The molecule has 0 aliphatic carbocycles. The third kappa shape index (κ3) is 3.89. The van der Waals surface area contributed by atoms with Gasteiger partial charge >= 0.3 is 0 Å². The van der Waals surface area contributed by atoms with Gasteiger partial charge in [0.25, 0.3) is 0 Å². The van der Waals surface area contributed by atoms with Crippen molar-refractivity contribution in [3.05, 3.63) is 78.5 Å². The lowest BCUT2D eigenvalue weighted by molar-refractivity contribution is -0.129. The van der Waals surface area contributed by atoms with Crippen LogP contribution in [0, 0.1) is 0 Å². The van der Waals surface area contributed by atoms with Crippen molar-refractivity contribution < 1.29 is 4.79 Å². The lowest BCUT2D eigenvalue weighted by Gasteiger charge is -2.35. The maximum atomic E-state index is 11.7. The normalized spacial score (nSPS) is 14.2. The monoisotopic (exact) mass is 411 g/mol. The van der Waals surface area contributed by atoms with E-state index in [-0.39, 0.29) is 5.91 Å². The fourth-order valence-corrected chi connectivity index (χ4v) is 4.20. The Hall–Kier alpha value is -3.67. The van der Waals surface area contributed by atoms with Crippen LogP contribution in [-0.2, 0) is 11.3 Å². The fourth-order valence-electron chi connectivity index (χ4n) is 4.20. The van der Waals surface area contributed by atoms with Gasteiger partial charge in [-0.25, -0.2) is 4.98 Å². The van der Waals surface area contributed by atoms with E-state index in [4.69, 9.17) is 4.98 Å². The molecule has 6 heteroatoms. The van der Waals surface area contributed by atoms with Crippen molar-refractivity contribution in [3.8, 4) is 11.5 Å². The van der Waals surface area contributed by atoms with E-state index in [1.807, 2.05) is 35.4 Å². The number of aromatic nitrogens is 3. The van der Waals surface area contributed by atoms with Gasteiger partial charge in [0.15, 0.2) is 5.82 Å². The summed E-state index contributed by atoms with van der Waals surface area (Å²) in [5.74, 6) is 1.02. The molecule has 5 rings (SSSR count). The Morgan fingerprint density at radius 3 is 2.42 bits per heavy atom. The summed E-state index contributed by atoms with van der Waals surface area (Å²) in [6.07, 6.45) is 1.81. The van der Waals surface area contributed by atoms with E-state index in [0.29, 0.717) is 0 Å². The van der Waals surface area contributed by atoms with Gasteiger partial charge in [-0.2, -0.15) is 0 Å². The van der Waals surface area contributed by atoms with Crippen molar-refractivity contribution in [2.45, 2.75) is 13.5 Å². The first-order valence-electron chi connectivity index (χ1n) is 10.6. The minimum Gasteiger partial charge on any atom is -0.368 e. The molecule has 0 atom stereocenters. The number of benzene rings is 2. The molecular weight excluding hydrogens is 386 g/mol. The number of imidazole rings is 1. The number of pyridine rings is 1. The highest BCUT2D eigenvalue weighted by molar-refractivity contribution is 5.84. The van der Waals surface area contributed by atoms with E-state index in [1.54, 1.807) is 6.92 Å². The number of nitrogens with zero attached hydrogens (tertiary/aromatic N) is 5. The minimum absolute atomic E-state index is 0.149. The summed E-state index contributed by atoms with van der Waals surface area (Å²) in [5, 5.41) is 0. The van der Waals surface area contributed by atoms with Crippen LogP contribution in [0.4, 0.5) is 5.69 Å². The molecule has 3 heterocycles. The summed E-state index contributed by atoms with van der Waals surface area (Å²) in [4.78, 5) is 25.4. The summed E-state index contributed by atoms with van der Waals surface area (Å²) in [7, 11) is 0. The molecule has 2 aromatic carbocycles. The second kappa shape index (κ2) is 8.22. The molecular formula is C25H25N5O. The van der Waals surface area contributed by atoms with Crippen LogP contribution in [0.1, 0.15) is 12.5 Å². The van der Waals surface area contributed by atoms with Crippen molar-refractivity contribution in [2.75, 3.05) is 31.1 Å². The summed E-state index contributed by atoms with van der Waals surface area (Å²) in [6.45, 7) is 5.56. The molecule has 0 saturated carbocycles. The Kier molecular flexibility index (Phi) is 5.12. The van der Waals surface area contributed by atoms with Gasteiger partial charge < -0.3 is 14.4 Å². The van der Waals surface area contributed by atoms with Gasteiger partial charge in [0.05, 0.1) is 11.0 Å². The van der Waals surface area contributed by atoms with Gasteiger partial charge in [0.1, 0.15) is 5.69 Å². The molecule has 1 aliphatic rings. The van der Waals surface area contributed by atoms with Crippen LogP contribution in [0.15, 0.2) is 72.9 Å². The van der Waals surface area contributed by atoms with E-state index >= 15 is 0 Å². The summed E-state index contributed by atoms with van der Waals surface area (Å²) < 4.78 is 2.25. The molecule has 1 amide bonds.